The third-order valence-electron chi connectivity index (χ3n) is 6.02. The molecule has 0 fully saturated rings. The monoisotopic (exact) mass is 511 g/mol. The smallest absolute Gasteiger partial charge is 0.419 e. The van der Waals surface area contributed by atoms with Gasteiger partial charge in [-0.3, -0.25) is 0 Å². The number of halogens is 2. The first-order valence-corrected chi connectivity index (χ1v) is 11.9. The van der Waals surface area contributed by atoms with Gasteiger partial charge in [-0.1, -0.05) is 24.3 Å². The molecule has 0 aliphatic heterocycles. The van der Waals surface area contributed by atoms with Gasteiger partial charge < -0.3 is 19.3 Å². The number of ether oxygens (including phenoxy) is 3. The van der Waals surface area contributed by atoms with Crippen molar-refractivity contribution in [1.82, 2.24) is 0 Å². The maximum Gasteiger partial charge on any atom is 0.419 e. The lowest BCUT2D eigenvalue weighted by Gasteiger charge is -2.34. The van der Waals surface area contributed by atoms with Crippen LogP contribution in [0.3, 0.4) is 0 Å². The molecule has 37 heavy (non-hydrogen) atoms. The molecule has 1 aliphatic rings. The van der Waals surface area contributed by atoms with Crippen LogP contribution in [0, 0.1) is 11.6 Å². The molecule has 0 spiro atoms. The lowest BCUT2D eigenvalue weighted by Crippen LogP contribution is -2.42. The minimum atomic E-state index is -1.36. The highest BCUT2D eigenvalue weighted by Gasteiger charge is 2.36. The fourth-order valence-corrected chi connectivity index (χ4v) is 4.31. The van der Waals surface area contributed by atoms with Crippen LogP contribution in [0.1, 0.15) is 24.5 Å². The molecule has 0 saturated carbocycles. The molecule has 7 nitrogen and oxygen atoms in total. The summed E-state index contributed by atoms with van der Waals surface area (Å²) in [4.78, 5) is 25.8. The Morgan fingerprint density at radius 1 is 0.973 bits per heavy atom. The highest BCUT2D eigenvalue weighted by atomic mass is 19.1. The van der Waals surface area contributed by atoms with Crippen LogP contribution >= 0.6 is 0 Å². The topological polar surface area (TPSA) is 85.3 Å². The van der Waals surface area contributed by atoms with E-state index >= 15 is 0 Å². The molecule has 0 heterocycles. The molecule has 0 aromatic heterocycles. The molecule has 1 amide bonds. The van der Waals surface area contributed by atoms with Crippen molar-refractivity contribution in [2.75, 3.05) is 24.7 Å². The summed E-state index contributed by atoms with van der Waals surface area (Å²) < 4.78 is 43.8. The minimum Gasteiger partial charge on any atom is -0.482 e. The number of anilines is 2. The number of benzene rings is 3. The first kappa shape index (κ1) is 26.1. The molecule has 0 radical (unpaired) electrons. The van der Waals surface area contributed by atoms with Crippen molar-refractivity contribution < 1.29 is 37.7 Å². The maximum atomic E-state index is 13.9. The van der Waals surface area contributed by atoms with E-state index in [1.165, 1.54) is 36.4 Å². The highest BCUT2D eigenvalue weighted by molar-refractivity contribution is 5.96. The van der Waals surface area contributed by atoms with Gasteiger partial charge in [-0.05, 0) is 73.4 Å². The van der Waals surface area contributed by atoms with E-state index in [0.29, 0.717) is 12.2 Å². The lowest BCUT2D eigenvalue weighted by atomic mass is 9.80. The molecule has 0 saturated heterocycles. The molecular formula is C28H27F2NO6. The van der Waals surface area contributed by atoms with Crippen LogP contribution in [0.5, 0.6) is 5.75 Å². The zero-order chi connectivity index (χ0) is 26.4. The summed E-state index contributed by atoms with van der Waals surface area (Å²) in [6.45, 7) is 1.42. The van der Waals surface area contributed by atoms with E-state index in [-0.39, 0.29) is 44.0 Å². The number of esters is 1. The number of carbonyl (C=O) groups is 2. The summed E-state index contributed by atoms with van der Waals surface area (Å²) in [6, 6.07) is 15.9. The molecule has 1 N–H and O–H groups in total. The summed E-state index contributed by atoms with van der Waals surface area (Å²) in [7, 11) is 0. The second-order valence-corrected chi connectivity index (χ2v) is 8.74. The van der Waals surface area contributed by atoms with Gasteiger partial charge in [-0.25, -0.2) is 23.3 Å². The molecule has 194 valence electrons. The van der Waals surface area contributed by atoms with E-state index in [1.807, 2.05) is 6.07 Å². The predicted octanol–water partition coefficient (Wildman–Crippen LogP) is 5.10. The summed E-state index contributed by atoms with van der Waals surface area (Å²) in [5.74, 6) is -1.08. The minimum absolute atomic E-state index is 0.153. The molecule has 1 aliphatic carbocycles. The van der Waals surface area contributed by atoms with Crippen LogP contribution in [0.4, 0.5) is 25.0 Å². The molecule has 0 bridgehead atoms. The second kappa shape index (κ2) is 11.4. The van der Waals surface area contributed by atoms with E-state index in [0.717, 1.165) is 28.2 Å². The predicted molar refractivity (Wildman–Crippen MR) is 132 cm³/mol. The number of aliphatic hydroxyl groups is 1. The second-order valence-electron chi connectivity index (χ2n) is 8.74. The van der Waals surface area contributed by atoms with Crippen LogP contribution in [-0.2, 0) is 27.1 Å². The van der Waals surface area contributed by atoms with E-state index in [1.54, 1.807) is 19.1 Å². The van der Waals surface area contributed by atoms with Crippen molar-refractivity contribution in [3.8, 4) is 5.75 Å². The maximum absolute atomic E-state index is 13.9. The Bertz CT molecular complexity index is 1240. The Labute approximate surface area is 213 Å². The van der Waals surface area contributed by atoms with Crippen LogP contribution < -0.4 is 9.64 Å². The zero-order valence-corrected chi connectivity index (χ0v) is 20.3. The Kier molecular flexibility index (Phi) is 8.03. The molecule has 3 aromatic rings. The van der Waals surface area contributed by atoms with Crippen LogP contribution in [0.25, 0.3) is 0 Å². The van der Waals surface area contributed by atoms with E-state index < -0.39 is 29.3 Å². The normalized spacial score (nSPS) is 16.4. The average Bonchev–Trinajstić information content (AvgIpc) is 2.86. The van der Waals surface area contributed by atoms with Gasteiger partial charge in [-0.15, -0.1) is 0 Å². The fourth-order valence-electron chi connectivity index (χ4n) is 4.31. The molecule has 4 rings (SSSR count). The van der Waals surface area contributed by atoms with Gasteiger partial charge in [-0.2, -0.15) is 0 Å². The third kappa shape index (κ3) is 6.42. The Morgan fingerprint density at radius 3 is 2.24 bits per heavy atom. The standard InChI is InChI=1S/C28H27F2NO6/c1-2-35-26(32)17-36-25-11-3-6-19-16-28(34,13-12-24(19)25)18-37-27(33)31(22-9-4-7-20(29)14-22)23-10-5-8-21(30)15-23/h3-11,14-15,34H,2,12-13,16-18H2,1H3. The van der Waals surface area contributed by atoms with Gasteiger partial charge in [0.25, 0.3) is 0 Å². The number of fused-ring (bicyclic) bond motifs is 1. The number of rotatable bonds is 8. The Balaban J connectivity index is 1.48. The van der Waals surface area contributed by atoms with E-state index in [4.69, 9.17) is 14.2 Å². The van der Waals surface area contributed by atoms with Gasteiger partial charge >= 0.3 is 12.1 Å². The third-order valence-corrected chi connectivity index (χ3v) is 6.02. The van der Waals surface area contributed by atoms with Gasteiger partial charge in [0.1, 0.15) is 29.6 Å². The summed E-state index contributed by atoms with van der Waals surface area (Å²) in [5, 5.41) is 11.2. The Morgan fingerprint density at radius 2 is 1.62 bits per heavy atom. The van der Waals surface area contributed by atoms with Crippen molar-refractivity contribution in [2.24, 2.45) is 0 Å². The van der Waals surface area contributed by atoms with Gasteiger partial charge in [0.05, 0.1) is 18.0 Å². The summed E-state index contributed by atoms with van der Waals surface area (Å²) >= 11 is 0. The van der Waals surface area contributed by atoms with Crippen molar-refractivity contribution >= 4 is 23.4 Å². The van der Waals surface area contributed by atoms with Gasteiger partial charge in [0, 0.05) is 6.42 Å². The molecule has 1 atom stereocenters. The summed E-state index contributed by atoms with van der Waals surface area (Å²) in [5.41, 5.74) is 0.611. The first-order valence-electron chi connectivity index (χ1n) is 11.9. The first-order chi connectivity index (χ1) is 17.8. The van der Waals surface area contributed by atoms with Crippen LogP contribution in [0.2, 0.25) is 0 Å². The average molecular weight is 512 g/mol. The lowest BCUT2D eigenvalue weighted by molar-refractivity contribution is -0.145. The number of carbonyl (C=O) groups excluding carboxylic acids is 2. The highest BCUT2D eigenvalue weighted by Crippen LogP contribution is 2.35. The van der Waals surface area contributed by atoms with E-state index in [9.17, 15) is 23.5 Å². The van der Waals surface area contributed by atoms with Crippen molar-refractivity contribution in [1.29, 1.82) is 0 Å². The van der Waals surface area contributed by atoms with Crippen molar-refractivity contribution in [3.05, 3.63) is 89.5 Å². The number of nitrogens with zero attached hydrogens (tertiary/aromatic N) is 1. The van der Waals surface area contributed by atoms with Crippen LogP contribution in [-0.4, -0.2) is 42.6 Å². The molecular weight excluding hydrogens is 484 g/mol. The van der Waals surface area contributed by atoms with Gasteiger partial charge in [0.15, 0.2) is 6.61 Å². The molecule has 9 heteroatoms. The van der Waals surface area contributed by atoms with Crippen molar-refractivity contribution in [3.63, 3.8) is 0 Å². The number of amides is 1. The molecule has 1 unspecified atom stereocenters. The number of hydrogen-bond acceptors (Lipinski definition) is 6. The summed E-state index contributed by atoms with van der Waals surface area (Å²) in [6.07, 6.45) is 0.000836. The molecule has 3 aromatic carbocycles. The zero-order valence-electron chi connectivity index (χ0n) is 20.3. The Hall–Kier alpha value is -3.98. The quantitative estimate of drug-likeness (QED) is 0.424. The SMILES string of the molecule is CCOC(=O)COc1cccc2c1CCC(O)(COC(=O)N(c1cccc(F)c1)c1cccc(F)c1)C2. The van der Waals surface area contributed by atoms with Crippen molar-refractivity contribution in [2.45, 2.75) is 31.8 Å². The number of hydrogen-bond donors (Lipinski definition) is 1. The van der Waals surface area contributed by atoms with Gasteiger partial charge in [0.2, 0.25) is 0 Å². The van der Waals surface area contributed by atoms with Crippen LogP contribution in [0.15, 0.2) is 66.7 Å². The fraction of sp³-hybridized carbons (Fsp3) is 0.286. The van der Waals surface area contributed by atoms with E-state index in [2.05, 4.69) is 0 Å². The largest absolute Gasteiger partial charge is 0.482 e.